The van der Waals surface area contributed by atoms with Crippen LogP contribution in [0.3, 0.4) is 0 Å². The van der Waals surface area contributed by atoms with Gasteiger partial charge in [-0.15, -0.1) is 0 Å². The molecule has 3 saturated heterocycles. The Morgan fingerprint density at radius 3 is 1.81 bits per heavy atom. The first-order valence-corrected chi connectivity index (χ1v) is 38.7. The number of nitrogens with zero attached hydrogens (tertiary/aromatic N) is 9. The molecule has 600 valence electrons. The Balaban J connectivity index is 1.33. The number of fused-ring (bicyclic) bond motifs is 1. The molecule has 3 aliphatic heterocycles. The number of amides is 12. The SMILES string of the molecule is CC[C@H](C)[C@@H]1NC(=O)[C@H](CC(C)C)N(C)C(=O)C[C@@H](C(=O)N2CCCCC2)N(C)C(=O)[C@H](CC(C)C)N(C)C(=O)C2(CCCC2)NC(=O)[C@@H]2C[C@H](OCc3ccc(C)cc3)CN2C(=O)[C@H](CCc2ccc(C(F)(F)F)c(F)c2)NC(=O)CN(C)C(=O)[C@H](CC2CCCCC2)N(C)C(=O)CN(C)C(=O)CN(C)C1=O. The van der Waals surface area contributed by atoms with Crippen molar-refractivity contribution < 1.29 is 79.8 Å². The van der Waals surface area contributed by atoms with E-state index < -0.39 is 174 Å². The second kappa shape index (κ2) is 38.9. The fraction of sp³-hybridized carbons (Fsp3) is 0.696. The van der Waals surface area contributed by atoms with Crippen molar-refractivity contribution >= 4 is 70.9 Å². The van der Waals surface area contributed by atoms with E-state index in [-0.39, 0.29) is 87.8 Å². The summed E-state index contributed by atoms with van der Waals surface area (Å²) in [5.74, 6) is -11.0. The molecule has 7 rings (SSSR count). The number of carbonyl (C=O) groups excluding carboxylic acids is 12. The van der Waals surface area contributed by atoms with Gasteiger partial charge in [-0.3, -0.25) is 57.5 Å². The van der Waals surface area contributed by atoms with E-state index in [0.717, 1.165) is 70.4 Å². The summed E-state index contributed by atoms with van der Waals surface area (Å²) in [4.78, 5) is 192. The van der Waals surface area contributed by atoms with Gasteiger partial charge in [-0.05, 0) is 118 Å². The van der Waals surface area contributed by atoms with E-state index in [1.807, 2.05) is 65.8 Å². The standard InChI is InChI=1S/C79H118F4N12O13/c1-15-52(7)69-76(106)89(10)46-67(98)87(8)47-68(99)91(12)63(41-53-24-18-16-19-25-53)73(103)88(9)45-65(96)84-59(33-31-54-30-32-57(58(80)40-54)79(81,82)83)72(102)95-44-56(108-48-55-28-26-51(6)27-29-55)42-61(95)71(101)86-78(34-20-21-35-78)77(107)93(14)62(39-50(4)5)74(104)92(13)64(75(105)94-36-22-17-23-37-94)43-66(97)90(11)60(38-49(2)3)70(100)85-69/h26-30,32,40,49-50,52-53,56,59-64,69H,15-25,31,33-39,41-48H2,1-14H3,(H,84,96)(H,85,100)(H,86,101)/t52-,56-,59-,60-,61-,62-,63-,64-,69-/m0/s1. The number of alkyl halides is 3. The molecule has 2 aliphatic carbocycles. The predicted octanol–water partition coefficient (Wildman–Crippen LogP) is 6.88. The Morgan fingerprint density at radius 1 is 0.620 bits per heavy atom. The monoisotopic (exact) mass is 1520 g/mol. The Morgan fingerprint density at radius 2 is 1.20 bits per heavy atom. The van der Waals surface area contributed by atoms with Gasteiger partial charge in [0.15, 0.2) is 0 Å². The minimum atomic E-state index is -5.03. The molecule has 5 aliphatic rings. The molecule has 2 saturated carbocycles. The van der Waals surface area contributed by atoms with Gasteiger partial charge in [0.05, 0.1) is 44.3 Å². The number of rotatable bonds is 15. The number of piperidine rings is 1. The molecule has 12 amide bonds. The minimum absolute atomic E-state index is 0.0224. The summed E-state index contributed by atoms with van der Waals surface area (Å²) in [6.07, 6.45) is 0.898. The molecule has 3 N–H and O–H groups in total. The molecule has 2 aromatic rings. The molecule has 0 radical (unpaired) electrons. The lowest BCUT2D eigenvalue weighted by Gasteiger charge is -2.41. The first-order chi connectivity index (χ1) is 50.9. The molecule has 0 aromatic heterocycles. The normalized spacial score (nSPS) is 25.5. The molecule has 9 atom stereocenters. The summed E-state index contributed by atoms with van der Waals surface area (Å²) in [7, 11) is 9.77. The van der Waals surface area contributed by atoms with Crippen LogP contribution in [0.25, 0.3) is 0 Å². The van der Waals surface area contributed by atoms with Gasteiger partial charge in [0.1, 0.15) is 53.6 Å². The van der Waals surface area contributed by atoms with Crippen LogP contribution in [0.2, 0.25) is 0 Å². The fourth-order valence-electron chi connectivity index (χ4n) is 15.6. The van der Waals surface area contributed by atoms with Gasteiger partial charge >= 0.3 is 6.18 Å². The van der Waals surface area contributed by atoms with E-state index in [0.29, 0.717) is 57.3 Å². The minimum Gasteiger partial charge on any atom is -0.372 e. The van der Waals surface area contributed by atoms with Crippen LogP contribution in [-0.2, 0) is 81.5 Å². The van der Waals surface area contributed by atoms with E-state index in [2.05, 4.69) is 16.0 Å². The van der Waals surface area contributed by atoms with Crippen molar-refractivity contribution in [1.29, 1.82) is 0 Å². The molecule has 3 heterocycles. The van der Waals surface area contributed by atoms with Gasteiger partial charge in [0.25, 0.3) is 0 Å². The van der Waals surface area contributed by atoms with Gasteiger partial charge < -0.3 is 64.8 Å². The zero-order valence-electron chi connectivity index (χ0n) is 65.9. The van der Waals surface area contributed by atoms with Gasteiger partial charge in [-0.2, -0.15) is 13.2 Å². The highest BCUT2D eigenvalue weighted by molar-refractivity contribution is 6.01. The highest BCUT2D eigenvalue weighted by Gasteiger charge is 2.52. The maximum absolute atomic E-state index is 15.8. The smallest absolute Gasteiger partial charge is 0.372 e. The first-order valence-electron chi connectivity index (χ1n) is 38.7. The number of likely N-dealkylation sites (N-methyl/N-ethyl adjacent to an activating group) is 7. The topological polar surface area (TPSA) is 279 Å². The number of ether oxygens (including phenoxy) is 1. The number of aryl methyl sites for hydroxylation is 2. The summed E-state index contributed by atoms with van der Waals surface area (Å²) in [5.41, 5.74) is -1.44. The third kappa shape index (κ3) is 22.7. The van der Waals surface area contributed by atoms with Crippen molar-refractivity contribution in [2.75, 3.05) is 88.6 Å². The van der Waals surface area contributed by atoms with E-state index >= 15 is 33.2 Å². The molecule has 29 heteroatoms. The lowest BCUT2D eigenvalue weighted by atomic mass is 9.84. The van der Waals surface area contributed by atoms with Crippen molar-refractivity contribution in [2.45, 2.75) is 244 Å². The first kappa shape index (κ1) is 87.0. The van der Waals surface area contributed by atoms with Gasteiger partial charge in [-0.1, -0.05) is 129 Å². The Labute approximate surface area is 634 Å². The highest BCUT2D eigenvalue weighted by atomic mass is 19.4. The lowest BCUT2D eigenvalue weighted by Crippen LogP contribution is -2.64. The molecule has 108 heavy (non-hydrogen) atoms. The molecule has 1 spiro atoms. The molecular weight excluding hydrogens is 1400 g/mol. The van der Waals surface area contributed by atoms with Crippen LogP contribution in [0.4, 0.5) is 17.6 Å². The number of nitrogens with one attached hydrogen (secondary N) is 3. The lowest BCUT2D eigenvalue weighted by molar-refractivity contribution is -0.155. The van der Waals surface area contributed by atoms with Crippen LogP contribution in [0, 0.1) is 36.4 Å². The van der Waals surface area contributed by atoms with Crippen LogP contribution in [0.5, 0.6) is 0 Å². The molecule has 0 bridgehead atoms. The Hall–Kier alpha value is -8.24. The van der Waals surface area contributed by atoms with Crippen molar-refractivity contribution in [1.82, 2.24) is 60.0 Å². The number of halogens is 4. The van der Waals surface area contributed by atoms with E-state index in [9.17, 15) is 41.9 Å². The second-order valence-electron chi connectivity index (χ2n) is 31.9. The van der Waals surface area contributed by atoms with Crippen molar-refractivity contribution in [3.8, 4) is 0 Å². The van der Waals surface area contributed by atoms with Crippen LogP contribution >= 0.6 is 0 Å². The number of hydrogen-bond acceptors (Lipinski definition) is 13. The van der Waals surface area contributed by atoms with Crippen molar-refractivity contribution in [2.24, 2.45) is 23.7 Å². The second-order valence-corrected chi connectivity index (χ2v) is 31.9. The number of hydrogen-bond donors (Lipinski definition) is 3. The molecular formula is C79H118F4N12O13. The molecule has 2 aromatic carbocycles. The summed E-state index contributed by atoms with van der Waals surface area (Å²) in [6, 6.07) is 0.419. The van der Waals surface area contributed by atoms with Gasteiger partial charge in [-0.25, -0.2) is 4.39 Å². The average Bonchev–Trinajstić information content (AvgIpc) is 1.56. The third-order valence-corrected chi connectivity index (χ3v) is 22.6. The molecule has 5 fully saturated rings. The Kier molecular flexibility index (Phi) is 31.3. The zero-order valence-corrected chi connectivity index (χ0v) is 65.9. The van der Waals surface area contributed by atoms with Crippen molar-refractivity contribution in [3.05, 3.63) is 70.5 Å². The Bertz CT molecular complexity index is 3510. The zero-order chi connectivity index (χ0) is 79.8. The van der Waals surface area contributed by atoms with Gasteiger partial charge in [0.2, 0.25) is 70.9 Å². The fourth-order valence-corrected chi connectivity index (χ4v) is 15.6. The highest BCUT2D eigenvalue weighted by Crippen LogP contribution is 2.37. The van der Waals surface area contributed by atoms with Crippen LogP contribution in [0.1, 0.15) is 186 Å². The number of carbonyl (C=O) groups is 12. The van der Waals surface area contributed by atoms with Crippen LogP contribution in [0.15, 0.2) is 42.5 Å². The summed E-state index contributed by atoms with van der Waals surface area (Å²) >= 11 is 0. The molecule has 25 nitrogen and oxygen atoms in total. The summed E-state index contributed by atoms with van der Waals surface area (Å²) in [5, 5.41) is 8.69. The van der Waals surface area contributed by atoms with Crippen molar-refractivity contribution in [3.63, 3.8) is 0 Å². The molecule has 0 unspecified atom stereocenters. The quantitative estimate of drug-likeness (QED) is 0.154. The number of benzene rings is 2. The maximum atomic E-state index is 15.8. The van der Waals surface area contributed by atoms with Crippen LogP contribution < -0.4 is 16.0 Å². The van der Waals surface area contributed by atoms with Crippen LogP contribution in [-0.4, -0.2) is 258 Å². The maximum Gasteiger partial charge on any atom is 0.419 e. The average molecular weight is 1520 g/mol. The van der Waals surface area contributed by atoms with E-state index in [1.165, 1.54) is 73.8 Å². The summed E-state index contributed by atoms with van der Waals surface area (Å²) in [6.45, 7) is 11.6. The predicted molar refractivity (Wildman–Crippen MR) is 397 cm³/mol. The van der Waals surface area contributed by atoms with Gasteiger partial charge in [0, 0.05) is 75.4 Å². The third-order valence-electron chi connectivity index (χ3n) is 22.6. The van der Waals surface area contributed by atoms with E-state index in [1.54, 1.807) is 11.8 Å². The van der Waals surface area contributed by atoms with E-state index in [4.69, 9.17) is 4.74 Å². The number of likely N-dealkylation sites (tertiary alicyclic amines) is 1. The summed E-state index contributed by atoms with van der Waals surface area (Å²) < 4.78 is 63.4. The largest absolute Gasteiger partial charge is 0.419 e.